The summed E-state index contributed by atoms with van der Waals surface area (Å²) in [4.78, 5) is 26.8. The Labute approximate surface area is 105 Å². The van der Waals surface area contributed by atoms with Gasteiger partial charge in [0.25, 0.3) is 0 Å². The van der Waals surface area contributed by atoms with Gasteiger partial charge in [-0.3, -0.25) is 9.59 Å². The smallest absolute Gasteiger partial charge is 0.242 e. The van der Waals surface area contributed by atoms with E-state index >= 15 is 0 Å². The fraction of sp³-hybridized carbons (Fsp3) is 0.818. The van der Waals surface area contributed by atoms with E-state index in [4.69, 9.17) is 5.11 Å². The van der Waals surface area contributed by atoms with Crippen LogP contribution in [0, 0.1) is 5.92 Å². The van der Waals surface area contributed by atoms with Crippen molar-refractivity contribution in [3.05, 3.63) is 0 Å². The van der Waals surface area contributed by atoms with Crippen molar-refractivity contribution in [2.45, 2.75) is 12.8 Å². The Morgan fingerprint density at radius 2 is 2.35 bits per heavy atom. The third-order valence-corrected chi connectivity index (χ3v) is 4.27. The molecule has 2 rings (SSSR count). The molecule has 96 valence electrons. The summed E-state index contributed by atoms with van der Waals surface area (Å²) in [5.41, 5.74) is 0. The number of carbonyl (C=O) groups is 2. The average molecular weight is 258 g/mol. The van der Waals surface area contributed by atoms with E-state index in [1.165, 1.54) is 0 Å². The van der Waals surface area contributed by atoms with Gasteiger partial charge in [0.15, 0.2) is 0 Å². The van der Waals surface area contributed by atoms with Crippen molar-refractivity contribution in [1.82, 2.24) is 9.80 Å². The summed E-state index contributed by atoms with van der Waals surface area (Å²) in [6, 6.07) is 0. The van der Waals surface area contributed by atoms with Crippen molar-refractivity contribution in [2.75, 3.05) is 37.9 Å². The number of hydrogen-bond acceptors (Lipinski definition) is 4. The molecule has 2 heterocycles. The standard InChI is InChI=1S/C11H18N2O3S/c14-4-2-9-1-3-12(5-9)10(15)6-13-8-17-7-11(13)16/h9,14H,1-8H2. The first-order valence-corrected chi connectivity index (χ1v) is 7.10. The highest BCUT2D eigenvalue weighted by Gasteiger charge is 2.29. The molecule has 1 N–H and O–H groups in total. The second kappa shape index (κ2) is 5.73. The van der Waals surface area contributed by atoms with Gasteiger partial charge in [-0.2, -0.15) is 0 Å². The zero-order chi connectivity index (χ0) is 12.3. The van der Waals surface area contributed by atoms with Gasteiger partial charge in [0.1, 0.15) is 6.54 Å². The first-order valence-electron chi connectivity index (χ1n) is 5.95. The van der Waals surface area contributed by atoms with E-state index in [0.717, 1.165) is 25.9 Å². The van der Waals surface area contributed by atoms with Crippen LogP contribution >= 0.6 is 11.8 Å². The van der Waals surface area contributed by atoms with Crippen LogP contribution in [0.3, 0.4) is 0 Å². The molecule has 5 nitrogen and oxygen atoms in total. The van der Waals surface area contributed by atoms with E-state index in [1.54, 1.807) is 16.7 Å². The van der Waals surface area contributed by atoms with Crippen molar-refractivity contribution in [1.29, 1.82) is 0 Å². The second-order valence-corrected chi connectivity index (χ2v) is 5.53. The summed E-state index contributed by atoms with van der Waals surface area (Å²) in [5.74, 6) is 1.67. The van der Waals surface area contributed by atoms with Gasteiger partial charge in [0.2, 0.25) is 11.8 Å². The van der Waals surface area contributed by atoms with Gasteiger partial charge in [-0.1, -0.05) is 0 Å². The zero-order valence-corrected chi connectivity index (χ0v) is 10.6. The molecular formula is C11H18N2O3S. The maximum atomic E-state index is 12.0. The van der Waals surface area contributed by atoms with Crippen molar-refractivity contribution < 1.29 is 14.7 Å². The lowest BCUT2D eigenvalue weighted by atomic mass is 10.1. The number of carbonyl (C=O) groups excluding carboxylic acids is 2. The van der Waals surface area contributed by atoms with Gasteiger partial charge < -0.3 is 14.9 Å². The third kappa shape index (κ3) is 3.13. The number of nitrogens with zero attached hydrogens (tertiary/aromatic N) is 2. The summed E-state index contributed by atoms with van der Waals surface area (Å²) in [6.07, 6.45) is 1.73. The number of likely N-dealkylation sites (tertiary alicyclic amines) is 1. The molecule has 0 aromatic heterocycles. The van der Waals surface area contributed by atoms with Crippen LogP contribution in [0.25, 0.3) is 0 Å². The summed E-state index contributed by atoms with van der Waals surface area (Å²) in [7, 11) is 0. The van der Waals surface area contributed by atoms with Crippen LogP contribution in [0.15, 0.2) is 0 Å². The molecule has 2 fully saturated rings. The van der Waals surface area contributed by atoms with Gasteiger partial charge in [0.05, 0.1) is 11.6 Å². The third-order valence-electron chi connectivity index (χ3n) is 3.33. The lowest BCUT2D eigenvalue weighted by Gasteiger charge is -2.20. The molecule has 2 aliphatic rings. The number of aliphatic hydroxyl groups excluding tert-OH is 1. The van der Waals surface area contributed by atoms with E-state index in [-0.39, 0.29) is 25.0 Å². The SMILES string of the molecule is O=C1CSCN1CC(=O)N1CCC(CCO)C1. The van der Waals surface area contributed by atoms with Crippen LogP contribution in [-0.4, -0.2) is 64.6 Å². The highest BCUT2D eigenvalue weighted by molar-refractivity contribution is 8.00. The molecule has 0 spiro atoms. The molecule has 0 radical (unpaired) electrons. The predicted octanol–water partition coefficient (Wildman–Crippen LogP) is -0.250. The molecule has 1 atom stereocenters. The number of amides is 2. The fourth-order valence-electron chi connectivity index (χ4n) is 2.28. The molecule has 17 heavy (non-hydrogen) atoms. The van der Waals surface area contributed by atoms with Crippen molar-refractivity contribution in [2.24, 2.45) is 5.92 Å². The Morgan fingerprint density at radius 1 is 1.53 bits per heavy atom. The number of aliphatic hydroxyl groups is 1. The summed E-state index contributed by atoms with van der Waals surface area (Å²) in [6.45, 7) is 1.90. The summed E-state index contributed by atoms with van der Waals surface area (Å²) < 4.78 is 0. The lowest BCUT2D eigenvalue weighted by molar-refractivity contribution is -0.137. The van der Waals surface area contributed by atoms with Crippen LogP contribution in [0.2, 0.25) is 0 Å². The topological polar surface area (TPSA) is 60.9 Å². The average Bonchev–Trinajstić information content (AvgIpc) is 2.90. The van der Waals surface area contributed by atoms with Gasteiger partial charge in [-0.15, -0.1) is 11.8 Å². The highest BCUT2D eigenvalue weighted by Crippen LogP contribution is 2.20. The normalized spacial score (nSPS) is 24.8. The Kier molecular flexibility index (Phi) is 4.28. The maximum Gasteiger partial charge on any atom is 0.242 e. The Hall–Kier alpha value is -0.750. The molecule has 2 amide bonds. The van der Waals surface area contributed by atoms with Crippen LogP contribution in [0.1, 0.15) is 12.8 Å². The van der Waals surface area contributed by atoms with Crippen molar-refractivity contribution >= 4 is 23.6 Å². The maximum absolute atomic E-state index is 12.0. The Bertz CT molecular complexity index is 311. The summed E-state index contributed by atoms with van der Waals surface area (Å²) >= 11 is 1.56. The predicted molar refractivity (Wildman–Crippen MR) is 65.4 cm³/mol. The Morgan fingerprint density at radius 3 is 3.00 bits per heavy atom. The minimum atomic E-state index is 0.0429. The Balaban J connectivity index is 1.79. The van der Waals surface area contributed by atoms with Crippen molar-refractivity contribution in [3.63, 3.8) is 0 Å². The van der Waals surface area contributed by atoms with Crippen LogP contribution < -0.4 is 0 Å². The molecule has 0 aromatic carbocycles. The lowest BCUT2D eigenvalue weighted by Crippen LogP contribution is -2.40. The molecule has 0 aliphatic carbocycles. The molecule has 2 aliphatic heterocycles. The fourth-order valence-corrected chi connectivity index (χ4v) is 3.19. The molecule has 0 aromatic rings. The summed E-state index contributed by atoms with van der Waals surface area (Å²) in [5, 5.41) is 8.86. The van der Waals surface area contributed by atoms with Gasteiger partial charge in [-0.25, -0.2) is 0 Å². The monoisotopic (exact) mass is 258 g/mol. The zero-order valence-electron chi connectivity index (χ0n) is 9.80. The molecule has 0 bridgehead atoms. The molecule has 0 saturated carbocycles. The minimum absolute atomic E-state index is 0.0429. The quantitative estimate of drug-likeness (QED) is 0.755. The van der Waals surface area contributed by atoms with Gasteiger partial charge >= 0.3 is 0 Å². The van der Waals surface area contributed by atoms with Crippen LogP contribution in [0.5, 0.6) is 0 Å². The van der Waals surface area contributed by atoms with E-state index < -0.39 is 0 Å². The van der Waals surface area contributed by atoms with E-state index in [2.05, 4.69) is 0 Å². The largest absolute Gasteiger partial charge is 0.396 e. The number of rotatable bonds is 4. The van der Waals surface area contributed by atoms with E-state index in [9.17, 15) is 9.59 Å². The second-order valence-electron chi connectivity index (χ2n) is 4.58. The van der Waals surface area contributed by atoms with Gasteiger partial charge in [0, 0.05) is 19.7 Å². The molecule has 1 unspecified atom stereocenters. The van der Waals surface area contributed by atoms with Crippen molar-refractivity contribution in [3.8, 4) is 0 Å². The number of thioether (sulfide) groups is 1. The molecular weight excluding hydrogens is 240 g/mol. The van der Waals surface area contributed by atoms with E-state index in [1.807, 2.05) is 4.90 Å². The van der Waals surface area contributed by atoms with E-state index in [0.29, 0.717) is 17.5 Å². The van der Waals surface area contributed by atoms with Gasteiger partial charge in [-0.05, 0) is 18.8 Å². The molecule has 2 saturated heterocycles. The van der Waals surface area contributed by atoms with Crippen LogP contribution in [0.4, 0.5) is 0 Å². The highest BCUT2D eigenvalue weighted by atomic mass is 32.2. The molecule has 6 heteroatoms. The van der Waals surface area contributed by atoms with Crippen LogP contribution in [-0.2, 0) is 9.59 Å². The minimum Gasteiger partial charge on any atom is -0.396 e. The first-order chi connectivity index (χ1) is 8.20. The number of hydrogen-bond donors (Lipinski definition) is 1. The first kappa shape index (κ1) is 12.7.